The summed E-state index contributed by atoms with van der Waals surface area (Å²) in [7, 11) is 2.95. The van der Waals surface area contributed by atoms with Gasteiger partial charge in [-0.15, -0.1) is 0 Å². The molecule has 1 aromatic heterocycles. The van der Waals surface area contributed by atoms with Crippen LogP contribution in [0, 0.1) is 0 Å². The SMILES string of the molecule is COc1cc(NC(=O)c2cc3c(o2)CCCC3=O)c(OC)cc1Cl. The van der Waals surface area contributed by atoms with Crippen LogP contribution in [0.25, 0.3) is 0 Å². The molecule has 3 rings (SSSR count). The van der Waals surface area contributed by atoms with E-state index >= 15 is 0 Å². The highest BCUT2D eigenvalue weighted by Crippen LogP contribution is 2.36. The third-order valence-corrected chi connectivity index (χ3v) is 4.16. The van der Waals surface area contributed by atoms with Crippen LogP contribution in [0.4, 0.5) is 5.69 Å². The molecule has 6 nitrogen and oxygen atoms in total. The van der Waals surface area contributed by atoms with Crippen molar-refractivity contribution in [2.24, 2.45) is 0 Å². The lowest BCUT2D eigenvalue weighted by Gasteiger charge is -2.12. The summed E-state index contributed by atoms with van der Waals surface area (Å²) in [5, 5.41) is 3.06. The number of hydrogen-bond donors (Lipinski definition) is 1. The summed E-state index contributed by atoms with van der Waals surface area (Å²) >= 11 is 6.04. The van der Waals surface area contributed by atoms with E-state index in [4.69, 9.17) is 25.5 Å². The second-order valence-electron chi connectivity index (χ2n) is 5.37. The molecule has 0 unspecified atom stereocenters. The maximum Gasteiger partial charge on any atom is 0.291 e. The number of methoxy groups -OCH3 is 2. The van der Waals surface area contributed by atoms with Crippen LogP contribution in [-0.4, -0.2) is 25.9 Å². The Balaban J connectivity index is 1.89. The Kier molecular flexibility index (Phi) is 4.49. The number of carbonyl (C=O) groups is 2. The lowest BCUT2D eigenvalue weighted by Crippen LogP contribution is -2.12. The Bertz CT molecular complexity index is 812. The zero-order valence-electron chi connectivity index (χ0n) is 13.3. The molecule has 1 aliphatic carbocycles. The number of benzene rings is 1. The number of nitrogens with one attached hydrogen (secondary N) is 1. The molecule has 24 heavy (non-hydrogen) atoms. The van der Waals surface area contributed by atoms with Crippen LogP contribution in [-0.2, 0) is 6.42 Å². The van der Waals surface area contributed by atoms with Gasteiger partial charge in [-0.25, -0.2) is 0 Å². The van der Waals surface area contributed by atoms with Crippen molar-refractivity contribution in [3.05, 3.63) is 40.3 Å². The first-order chi connectivity index (χ1) is 11.5. The zero-order chi connectivity index (χ0) is 17.3. The van der Waals surface area contributed by atoms with Crippen LogP contribution in [0.5, 0.6) is 11.5 Å². The van der Waals surface area contributed by atoms with Crippen molar-refractivity contribution in [2.75, 3.05) is 19.5 Å². The summed E-state index contributed by atoms with van der Waals surface area (Å²) in [6.45, 7) is 0. The van der Waals surface area contributed by atoms with Gasteiger partial charge in [0.2, 0.25) is 0 Å². The van der Waals surface area contributed by atoms with Gasteiger partial charge >= 0.3 is 0 Å². The number of amides is 1. The number of aryl methyl sites for hydroxylation is 1. The Morgan fingerprint density at radius 3 is 2.58 bits per heavy atom. The molecule has 0 aliphatic heterocycles. The molecule has 0 radical (unpaired) electrons. The number of halogens is 1. The minimum absolute atomic E-state index is 0.00444. The summed E-state index contributed by atoms with van der Waals surface area (Å²) in [6.07, 6.45) is 1.88. The van der Waals surface area contributed by atoms with Crippen LogP contribution >= 0.6 is 11.6 Å². The van der Waals surface area contributed by atoms with Crippen LogP contribution in [0.2, 0.25) is 5.02 Å². The topological polar surface area (TPSA) is 77.8 Å². The molecule has 0 atom stereocenters. The molecule has 0 saturated heterocycles. The first-order valence-corrected chi connectivity index (χ1v) is 7.80. The average molecular weight is 350 g/mol. The molecule has 1 aliphatic rings. The fourth-order valence-electron chi connectivity index (χ4n) is 2.65. The van der Waals surface area contributed by atoms with Crippen molar-refractivity contribution in [2.45, 2.75) is 19.3 Å². The predicted octanol–water partition coefficient (Wildman–Crippen LogP) is 3.72. The summed E-state index contributed by atoms with van der Waals surface area (Å²) in [4.78, 5) is 24.3. The van der Waals surface area contributed by atoms with Gasteiger partial charge in [-0.1, -0.05) is 11.6 Å². The Hall–Kier alpha value is -2.47. The van der Waals surface area contributed by atoms with Crippen molar-refractivity contribution >= 4 is 29.0 Å². The predicted molar refractivity (Wildman–Crippen MR) is 88.5 cm³/mol. The molecular weight excluding hydrogens is 334 g/mol. The molecule has 1 heterocycles. The van der Waals surface area contributed by atoms with Crippen LogP contribution in [0.1, 0.15) is 39.5 Å². The molecule has 126 valence electrons. The summed E-state index contributed by atoms with van der Waals surface area (Å²) in [5.74, 6) is 0.983. The van der Waals surface area contributed by atoms with E-state index in [1.54, 1.807) is 12.1 Å². The van der Waals surface area contributed by atoms with E-state index in [1.165, 1.54) is 20.3 Å². The van der Waals surface area contributed by atoms with Crippen molar-refractivity contribution < 1.29 is 23.5 Å². The molecule has 0 fully saturated rings. The van der Waals surface area contributed by atoms with Crippen LogP contribution < -0.4 is 14.8 Å². The summed E-state index contributed by atoms with van der Waals surface area (Å²) < 4.78 is 15.9. The fourth-order valence-corrected chi connectivity index (χ4v) is 2.88. The van der Waals surface area contributed by atoms with Crippen LogP contribution in [0.3, 0.4) is 0 Å². The number of furan rings is 1. The molecule has 1 amide bonds. The van der Waals surface area contributed by atoms with E-state index in [0.29, 0.717) is 46.4 Å². The average Bonchev–Trinajstić information content (AvgIpc) is 3.01. The highest BCUT2D eigenvalue weighted by atomic mass is 35.5. The van der Waals surface area contributed by atoms with Crippen molar-refractivity contribution in [3.63, 3.8) is 0 Å². The Morgan fingerprint density at radius 1 is 1.17 bits per heavy atom. The minimum atomic E-state index is -0.472. The van der Waals surface area contributed by atoms with Gasteiger partial charge in [0.05, 0.1) is 30.5 Å². The number of anilines is 1. The van der Waals surface area contributed by atoms with E-state index in [1.807, 2.05) is 0 Å². The van der Waals surface area contributed by atoms with Gasteiger partial charge in [0.15, 0.2) is 11.5 Å². The monoisotopic (exact) mass is 349 g/mol. The van der Waals surface area contributed by atoms with Crippen molar-refractivity contribution in [3.8, 4) is 11.5 Å². The van der Waals surface area contributed by atoms with Crippen LogP contribution in [0.15, 0.2) is 22.6 Å². The van der Waals surface area contributed by atoms with E-state index in [9.17, 15) is 9.59 Å². The zero-order valence-corrected chi connectivity index (χ0v) is 14.0. The van der Waals surface area contributed by atoms with Gasteiger partial charge in [0.25, 0.3) is 5.91 Å². The van der Waals surface area contributed by atoms with Gasteiger partial charge in [0, 0.05) is 31.0 Å². The molecule has 2 aromatic rings. The van der Waals surface area contributed by atoms with Gasteiger partial charge in [-0.05, 0) is 6.42 Å². The number of Topliss-reactive ketones (excluding diaryl/α,β-unsaturated/α-hetero) is 1. The number of fused-ring (bicyclic) bond motifs is 1. The van der Waals surface area contributed by atoms with Gasteiger partial charge < -0.3 is 19.2 Å². The molecule has 0 spiro atoms. The third kappa shape index (κ3) is 2.97. The van der Waals surface area contributed by atoms with Gasteiger partial charge in [0.1, 0.15) is 17.3 Å². The first-order valence-electron chi connectivity index (χ1n) is 7.42. The normalized spacial score (nSPS) is 13.4. The third-order valence-electron chi connectivity index (χ3n) is 3.86. The number of ketones is 1. The summed E-state index contributed by atoms with van der Waals surface area (Å²) in [6, 6.07) is 4.60. The Labute approximate surface area is 143 Å². The molecule has 0 bridgehead atoms. The van der Waals surface area contributed by atoms with Gasteiger partial charge in [-0.3, -0.25) is 9.59 Å². The first kappa shape index (κ1) is 16.4. The largest absolute Gasteiger partial charge is 0.495 e. The maximum absolute atomic E-state index is 12.4. The lowest BCUT2D eigenvalue weighted by molar-refractivity contribution is 0.0963. The lowest BCUT2D eigenvalue weighted by atomic mass is 9.97. The second-order valence-corrected chi connectivity index (χ2v) is 5.77. The smallest absolute Gasteiger partial charge is 0.291 e. The van der Waals surface area contributed by atoms with E-state index in [2.05, 4.69) is 5.32 Å². The van der Waals surface area contributed by atoms with Crippen molar-refractivity contribution in [1.29, 1.82) is 0 Å². The van der Waals surface area contributed by atoms with E-state index in [0.717, 1.165) is 6.42 Å². The van der Waals surface area contributed by atoms with E-state index in [-0.39, 0.29) is 11.5 Å². The highest BCUT2D eigenvalue weighted by molar-refractivity contribution is 6.32. The summed E-state index contributed by atoms with van der Waals surface area (Å²) in [5.41, 5.74) is 0.886. The molecule has 0 saturated carbocycles. The number of hydrogen-bond acceptors (Lipinski definition) is 5. The van der Waals surface area contributed by atoms with Gasteiger partial charge in [-0.2, -0.15) is 0 Å². The molecule has 1 N–H and O–H groups in total. The Morgan fingerprint density at radius 2 is 1.92 bits per heavy atom. The molecular formula is C17H16ClNO5. The molecule has 1 aromatic carbocycles. The van der Waals surface area contributed by atoms with Crippen molar-refractivity contribution in [1.82, 2.24) is 0 Å². The fraction of sp³-hybridized carbons (Fsp3) is 0.294. The standard InChI is InChI=1S/C17H16ClNO5/c1-22-14-8-11(15(23-2)7-10(14)18)19-17(21)16-6-9-12(20)4-3-5-13(9)24-16/h6-8H,3-5H2,1-2H3,(H,19,21). The highest BCUT2D eigenvalue weighted by Gasteiger charge is 2.25. The quantitative estimate of drug-likeness (QED) is 0.910. The maximum atomic E-state index is 12.4. The molecule has 7 heteroatoms. The number of carbonyl (C=O) groups excluding carboxylic acids is 2. The number of ether oxygens (including phenoxy) is 2. The van der Waals surface area contributed by atoms with E-state index < -0.39 is 5.91 Å². The second kappa shape index (κ2) is 6.57. The number of rotatable bonds is 4. The minimum Gasteiger partial charge on any atom is -0.495 e.